The second-order valence-electron chi connectivity index (χ2n) is 4.95. The van der Waals surface area contributed by atoms with Crippen molar-refractivity contribution in [3.05, 3.63) is 29.8 Å². The highest BCUT2D eigenvalue weighted by Gasteiger charge is 2.34. The molecule has 17 heavy (non-hydrogen) atoms. The Hall–Kier alpha value is -1.06. The van der Waals surface area contributed by atoms with Crippen LogP contribution in [0.15, 0.2) is 24.3 Å². The van der Waals surface area contributed by atoms with Gasteiger partial charge in [0.2, 0.25) is 0 Å². The van der Waals surface area contributed by atoms with Crippen molar-refractivity contribution in [3.8, 4) is 5.75 Å². The van der Waals surface area contributed by atoms with Crippen LogP contribution in [0.1, 0.15) is 33.3 Å². The average Bonchev–Trinajstić information content (AvgIpc) is 2.27. The molecule has 0 aromatic heterocycles. The van der Waals surface area contributed by atoms with Crippen LogP contribution in [-0.4, -0.2) is 17.8 Å². The summed E-state index contributed by atoms with van der Waals surface area (Å²) in [4.78, 5) is 0. The third-order valence-electron chi connectivity index (χ3n) is 2.98. The Morgan fingerprint density at radius 3 is 2.29 bits per heavy atom. The van der Waals surface area contributed by atoms with Crippen molar-refractivity contribution < 1.29 is 9.84 Å². The molecule has 0 fully saturated rings. The first-order chi connectivity index (χ1) is 7.91. The number of rotatable bonds is 5. The predicted octanol–water partition coefficient (Wildman–Crippen LogP) is 2.28. The Morgan fingerprint density at radius 2 is 1.82 bits per heavy atom. The molecule has 0 bridgehead atoms. The summed E-state index contributed by atoms with van der Waals surface area (Å²) < 4.78 is 5.73. The third-order valence-corrected chi connectivity index (χ3v) is 2.98. The summed E-state index contributed by atoms with van der Waals surface area (Å²) in [6.07, 6.45) is 0.0744. The van der Waals surface area contributed by atoms with Crippen molar-refractivity contribution in [2.24, 2.45) is 11.7 Å². The van der Waals surface area contributed by atoms with Crippen molar-refractivity contribution >= 4 is 0 Å². The van der Waals surface area contributed by atoms with Gasteiger partial charge in [-0.15, -0.1) is 0 Å². The molecule has 1 aromatic carbocycles. The molecule has 96 valence electrons. The van der Waals surface area contributed by atoms with Gasteiger partial charge in [0.05, 0.1) is 6.10 Å². The van der Waals surface area contributed by atoms with E-state index in [9.17, 15) is 5.11 Å². The van der Waals surface area contributed by atoms with Crippen LogP contribution in [-0.2, 0) is 5.60 Å². The van der Waals surface area contributed by atoms with Gasteiger partial charge in [0, 0.05) is 12.1 Å². The van der Waals surface area contributed by atoms with E-state index in [1.165, 1.54) is 0 Å². The highest BCUT2D eigenvalue weighted by molar-refractivity contribution is 5.38. The van der Waals surface area contributed by atoms with Crippen LogP contribution in [0.2, 0.25) is 0 Å². The molecule has 3 heteroatoms. The molecule has 1 atom stereocenters. The van der Waals surface area contributed by atoms with Crippen molar-refractivity contribution in [1.29, 1.82) is 0 Å². The fourth-order valence-corrected chi connectivity index (χ4v) is 1.84. The number of hydrogen-bond donors (Lipinski definition) is 2. The van der Waals surface area contributed by atoms with Crippen LogP contribution < -0.4 is 10.5 Å². The second-order valence-corrected chi connectivity index (χ2v) is 4.95. The monoisotopic (exact) mass is 237 g/mol. The van der Waals surface area contributed by atoms with Crippen LogP contribution in [0, 0.1) is 5.92 Å². The van der Waals surface area contributed by atoms with Gasteiger partial charge in [0.1, 0.15) is 11.4 Å². The van der Waals surface area contributed by atoms with Crippen molar-refractivity contribution in [2.75, 3.05) is 6.54 Å². The van der Waals surface area contributed by atoms with E-state index >= 15 is 0 Å². The van der Waals surface area contributed by atoms with Gasteiger partial charge in [-0.05, 0) is 25.8 Å². The van der Waals surface area contributed by atoms with Crippen LogP contribution in [0.3, 0.4) is 0 Å². The lowest BCUT2D eigenvalue weighted by atomic mass is 9.83. The van der Waals surface area contributed by atoms with Crippen molar-refractivity contribution in [2.45, 2.75) is 39.4 Å². The van der Waals surface area contributed by atoms with Gasteiger partial charge in [-0.25, -0.2) is 0 Å². The average molecular weight is 237 g/mol. The summed E-state index contributed by atoms with van der Waals surface area (Å²) in [6, 6.07) is 7.55. The molecular weight excluding hydrogens is 214 g/mol. The maximum Gasteiger partial charge on any atom is 0.125 e. The summed E-state index contributed by atoms with van der Waals surface area (Å²) >= 11 is 0. The lowest BCUT2D eigenvalue weighted by Gasteiger charge is -2.33. The SMILES string of the molecule is CC(C)Oc1ccccc1C(O)(CN)C(C)C. The van der Waals surface area contributed by atoms with Crippen LogP contribution in [0.4, 0.5) is 0 Å². The smallest absolute Gasteiger partial charge is 0.125 e. The van der Waals surface area contributed by atoms with E-state index in [4.69, 9.17) is 10.5 Å². The highest BCUT2D eigenvalue weighted by atomic mass is 16.5. The Morgan fingerprint density at radius 1 is 1.24 bits per heavy atom. The maximum atomic E-state index is 10.7. The quantitative estimate of drug-likeness (QED) is 0.826. The van der Waals surface area contributed by atoms with Gasteiger partial charge in [0.25, 0.3) is 0 Å². The molecule has 1 aromatic rings. The Kier molecular flexibility index (Phi) is 4.54. The van der Waals surface area contributed by atoms with Crippen molar-refractivity contribution in [1.82, 2.24) is 0 Å². The molecule has 0 spiro atoms. The Balaban J connectivity index is 3.19. The van der Waals surface area contributed by atoms with Crippen LogP contribution in [0.5, 0.6) is 5.75 Å². The Labute approximate surface area is 104 Å². The molecule has 0 saturated carbocycles. The number of aliphatic hydroxyl groups is 1. The van der Waals surface area contributed by atoms with Gasteiger partial charge >= 0.3 is 0 Å². The number of hydrogen-bond acceptors (Lipinski definition) is 3. The minimum absolute atomic E-state index is 0.0319. The zero-order valence-electron chi connectivity index (χ0n) is 11.1. The second kappa shape index (κ2) is 5.52. The van der Waals surface area contributed by atoms with Gasteiger partial charge < -0.3 is 15.6 Å². The molecule has 0 radical (unpaired) electrons. The molecule has 0 amide bonds. The van der Waals surface area contributed by atoms with E-state index in [0.29, 0.717) is 5.75 Å². The summed E-state index contributed by atoms with van der Waals surface area (Å²) in [5.41, 5.74) is 5.47. The molecular formula is C14H23NO2. The summed E-state index contributed by atoms with van der Waals surface area (Å²) in [5, 5.41) is 10.7. The first-order valence-electron chi connectivity index (χ1n) is 6.10. The van der Waals surface area contributed by atoms with Gasteiger partial charge in [0.15, 0.2) is 0 Å². The van der Waals surface area contributed by atoms with E-state index < -0.39 is 5.60 Å². The fourth-order valence-electron chi connectivity index (χ4n) is 1.84. The standard InChI is InChI=1S/C14H23NO2/c1-10(2)14(16,9-15)12-7-5-6-8-13(12)17-11(3)4/h5-8,10-11,16H,9,15H2,1-4H3. The Bertz CT molecular complexity index is 363. The zero-order chi connectivity index (χ0) is 13.1. The van der Waals surface area contributed by atoms with Crippen LogP contribution in [0.25, 0.3) is 0 Å². The largest absolute Gasteiger partial charge is 0.491 e. The van der Waals surface area contributed by atoms with Gasteiger partial charge in [-0.2, -0.15) is 0 Å². The molecule has 0 heterocycles. The minimum Gasteiger partial charge on any atom is -0.491 e. The summed E-state index contributed by atoms with van der Waals surface area (Å²) in [6.45, 7) is 8.03. The topological polar surface area (TPSA) is 55.5 Å². The molecule has 0 saturated heterocycles. The summed E-state index contributed by atoms with van der Waals surface area (Å²) in [7, 11) is 0. The molecule has 0 aliphatic heterocycles. The molecule has 3 N–H and O–H groups in total. The third kappa shape index (κ3) is 2.99. The molecule has 0 aliphatic carbocycles. The van der Waals surface area contributed by atoms with E-state index in [1.807, 2.05) is 52.0 Å². The van der Waals surface area contributed by atoms with E-state index in [-0.39, 0.29) is 18.6 Å². The number of ether oxygens (including phenoxy) is 1. The first kappa shape index (κ1) is 14.0. The van der Waals surface area contributed by atoms with E-state index in [2.05, 4.69) is 0 Å². The molecule has 3 nitrogen and oxygen atoms in total. The number of para-hydroxylation sites is 1. The lowest BCUT2D eigenvalue weighted by Crippen LogP contribution is -2.40. The van der Waals surface area contributed by atoms with E-state index in [1.54, 1.807) is 0 Å². The number of benzene rings is 1. The fraction of sp³-hybridized carbons (Fsp3) is 0.571. The molecule has 0 aliphatic rings. The van der Waals surface area contributed by atoms with Gasteiger partial charge in [-0.3, -0.25) is 0 Å². The minimum atomic E-state index is -1.04. The summed E-state index contributed by atoms with van der Waals surface area (Å²) in [5.74, 6) is 0.744. The predicted molar refractivity (Wildman–Crippen MR) is 70.0 cm³/mol. The number of nitrogens with two attached hydrogens (primary N) is 1. The van der Waals surface area contributed by atoms with E-state index in [0.717, 1.165) is 5.56 Å². The first-order valence-corrected chi connectivity index (χ1v) is 6.10. The van der Waals surface area contributed by atoms with Gasteiger partial charge in [-0.1, -0.05) is 32.0 Å². The molecule has 1 unspecified atom stereocenters. The van der Waals surface area contributed by atoms with Crippen LogP contribution >= 0.6 is 0 Å². The zero-order valence-corrected chi connectivity index (χ0v) is 11.1. The molecule has 1 rings (SSSR count). The highest BCUT2D eigenvalue weighted by Crippen LogP contribution is 2.35. The normalized spacial score (nSPS) is 15.1. The maximum absolute atomic E-state index is 10.7. The van der Waals surface area contributed by atoms with Crippen molar-refractivity contribution in [3.63, 3.8) is 0 Å². The lowest BCUT2D eigenvalue weighted by molar-refractivity contribution is -0.00426.